The molecule has 0 saturated heterocycles. The first-order chi connectivity index (χ1) is 9.53. The Morgan fingerprint density at radius 2 is 1.85 bits per heavy atom. The molecule has 20 heavy (non-hydrogen) atoms. The van der Waals surface area contributed by atoms with Gasteiger partial charge < -0.3 is 5.11 Å². The Morgan fingerprint density at radius 3 is 2.70 bits per heavy atom. The van der Waals surface area contributed by atoms with Crippen molar-refractivity contribution in [3.8, 4) is 0 Å². The molecule has 0 aromatic heterocycles. The van der Waals surface area contributed by atoms with Gasteiger partial charge in [0.05, 0.1) is 6.10 Å². The Balaban J connectivity index is 1.67. The fourth-order valence-electron chi connectivity index (χ4n) is 6.78. The zero-order valence-electron chi connectivity index (χ0n) is 13.1. The van der Waals surface area contributed by atoms with Crippen LogP contribution >= 0.6 is 0 Å². The molecule has 4 aliphatic rings. The first-order valence-electron chi connectivity index (χ1n) is 8.90. The normalized spacial score (nSPS) is 57.9. The molecular weight excluding hydrogens is 244 g/mol. The monoisotopic (exact) mass is 274 g/mol. The molecule has 0 spiro atoms. The Bertz CT molecular complexity index is 427. The summed E-state index contributed by atoms with van der Waals surface area (Å²) in [5.74, 6) is 3.59. The van der Waals surface area contributed by atoms with Gasteiger partial charge in [-0.15, -0.1) is 0 Å². The first kappa shape index (κ1) is 13.4. The van der Waals surface area contributed by atoms with Gasteiger partial charge in [0.1, 0.15) is 0 Å². The molecule has 7 atom stereocenters. The molecule has 3 saturated carbocycles. The maximum absolute atomic E-state index is 9.96. The van der Waals surface area contributed by atoms with Crippen LogP contribution in [0.4, 0.5) is 0 Å². The highest BCUT2D eigenvalue weighted by Gasteiger charge is 2.56. The molecule has 1 unspecified atom stereocenters. The van der Waals surface area contributed by atoms with Gasteiger partial charge in [0.2, 0.25) is 0 Å². The molecule has 4 rings (SSSR count). The highest BCUT2D eigenvalue weighted by atomic mass is 16.3. The average molecular weight is 274 g/mol. The molecule has 0 aliphatic heterocycles. The van der Waals surface area contributed by atoms with Gasteiger partial charge in [-0.2, -0.15) is 0 Å². The zero-order chi connectivity index (χ0) is 14.0. The highest BCUT2D eigenvalue weighted by Crippen LogP contribution is 2.65. The summed E-state index contributed by atoms with van der Waals surface area (Å²) in [7, 11) is 0. The summed E-state index contributed by atoms with van der Waals surface area (Å²) in [5.41, 5.74) is 1.05. The summed E-state index contributed by atoms with van der Waals surface area (Å²) in [6.45, 7) is 5.09. The van der Waals surface area contributed by atoms with Gasteiger partial charge in [0.15, 0.2) is 0 Å². The summed E-state index contributed by atoms with van der Waals surface area (Å²) in [4.78, 5) is 0. The van der Waals surface area contributed by atoms with Gasteiger partial charge in [0.25, 0.3) is 0 Å². The van der Waals surface area contributed by atoms with Crippen LogP contribution in [0, 0.1) is 34.5 Å². The van der Waals surface area contributed by atoms with Crippen molar-refractivity contribution in [2.75, 3.05) is 0 Å². The second kappa shape index (κ2) is 4.35. The predicted molar refractivity (Wildman–Crippen MR) is 82.3 cm³/mol. The van der Waals surface area contributed by atoms with Gasteiger partial charge in [-0.25, -0.2) is 0 Å². The number of hydrogen-bond donors (Lipinski definition) is 1. The molecule has 0 radical (unpaired) electrons. The summed E-state index contributed by atoms with van der Waals surface area (Å²) in [6, 6.07) is 0. The molecule has 0 bridgehead atoms. The van der Waals surface area contributed by atoms with Crippen molar-refractivity contribution >= 4 is 0 Å². The van der Waals surface area contributed by atoms with E-state index >= 15 is 0 Å². The second-order valence-electron chi connectivity index (χ2n) is 8.76. The van der Waals surface area contributed by atoms with E-state index in [0.717, 1.165) is 30.1 Å². The van der Waals surface area contributed by atoms with Crippen molar-refractivity contribution in [1.29, 1.82) is 0 Å². The largest absolute Gasteiger partial charge is 0.389 e. The van der Waals surface area contributed by atoms with Crippen molar-refractivity contribution in [1.82, 2.24) is 0 Å². The Morgan fingerprint density at radius 1 is 1.00 bits per heavy atom. The summed E-state index contributed by atoms with van der Waals surface area (Å²) in [6.07, 6.45) is 15.5. The smallest absolute Gasteiger partial charge is 0.0724 e. The Hall–Kier alpha value is -0.300. The van der Waals surface area contributed by atoms with E-state index in [1.54, 1.807) is 0 Å². The van der Waals surface area contributed by atoms with Crippen molar-refractivity contribution in [3.63, 3.8) is 0 Å². The van der Waals surface area contributed by atoms with Gasteiger partial charge in [-0.3, -0.25) is 0 Å². The lowest BCUT2D eigenvalue weighted by Gasteiger charge is -2.58. The first-order valence-corrected chi connectivity index (χ1v) is 8.90. The van der Waals surface area contributed by atoms with Crippen LogP contribution in [0.1, 0.15) is 65.2 Å². The minimum absolute atomic E-state index is 0.176. The second-order valence-corrected chi connectivity index (χ2v) is 8.76. The van der Waals surface area contributed by atoms with E-state index in [2.05, 4.69) is 26.0 Å². The topological polar surface area (TPSA) is 20.2 Å². The zero-order valence-corrected chi connectivity index (χ0v) is 13.1. The molecule has 0 aromatic carbocycles. The minimum Gasteiger partial charge on any atom is -0.389 e. The lowest BCUT2D eigenvalue weighted by Crippen LogP contribution is -2.51. The molecule has 1 nitrogen and oxygen atoms in total. The molecule has 112 valence electrons. The minimum atomic E-state index is -0.176. The van der Waals surface area contributed by atoms with Crippen LogP contribution in [0.5, 0.6) is 0 Å². The van der Waals surface area contributed by atoms with Crippen molar-refractivity contribution in [2.24, 2.45) is 34.5 Å². The van der Waals surface area contributed by atoms with E-state index in [1.165, 1.54) is 44.9 Å². The number of hydrogen-bond acceptors (Lipinski definition) is 1. The average Bonchev–Trinajstić information content (AvgIpc) is 2.81. The molecule has 0 aromatic rings. The van der Waals surface area contributed by atoms with Crippen LogP contribution < -0.4 is 0 Å². The fourth-order valence-corrected chi connectivity index (χ4v) is 6.78. The van der Waals surface area contributed by atoms with E-state index in [9.17, 15) is 5.11 Å². The van der Waals surface area contributed by atoms with E-state index in [4.69, 9.17) is 0 Å². The van der Waals surface area contributed by atoms with E-state index in [1.807, 2.05) is 0 Å². The third kappa shape index (κ3) is 1.71. The lowest BCUT2D eigenvalue weighted by molar-refractivity contribution is -0.0760. The molecule has 1 N–H and O–H groups in total. The molecule has 0 amide bonds. The SMILES string of the molecule is C[C@@]12CCC[C@H]1[C@@H]1CCC3C[C@@H](O)C=C[C@]3(C)[C@H]1CC2. The number of aliphatic hydroxyl groups excluding tert-OH is 1. The van der Waals surface area contributed by atoms with Crippen molar-refractivity contribution in [3.05, 3.63) is 12.2 Å². The van der Waals surface area contributed by atoms with Gasteiger partial charge >= 0.3 is 0 Å². The fraction of sp³-hybridized carbons (Fsp3) is 0.895. The van der Waals surface area contributed by atoms with E-state index < -0.39 is 0 Å². The van der Waals surface area contributed by atoms with Crippen molar-refractivity contribution < 1.29 is 5.11 Å². The van der Waals surface area contributed by atoms with E-state index in [0.29, 0.717) is 10.8 Å². The van der Waals surface area contributed by atoms with Crippen LogP contribution in [0.25, 0.3) is 0 Å². The molecular formula is C19H30O. The Kier molecular flexibility index (Phi) is 2.91. The predicted octanol–water partition coefficient (Wildman–Crippen LogP) is 4.56. The van der Waals surface area contributed by atoms with Gasteiger partial charge in [0, 0.05) is 0 Å². The van der Waals surface area contributed by atoms with Crippen LogP contribution in [-0.2, 0) is 0 Å². The Labute approximate surface area is 123 Å². The van der Waals surface area contributed by atoms with E-state index in [-0.39, 0.29) is 6.10 Å². The van der Waals surface area contributed by atoms with Gasteiger partial charge in [-0.05, 0) is 79.4 Å². The molecule has 0 heterocycles. The van der Waals surface area contributed by atoms with Crippen molar-refractivity contribution in [2.45, 2.75) is 71.3 Å². The maximum atomic E-state index is 9.96. The maximum Gasteiger partial charge on any atom is 0.0724 e. The summed E-state index contributed by atoms with van der Waals surface area (Å²) >= 11 is 0. The number of aliphatic hydroxyl groups is 1. The van der Waals surface area contributed by atoms with Crippen LogP contribution in [0.2, 0.25) is 0 Å². The van der Waals surface area contributed by atoms with Crippen LogP contribution in [0.15, 0.2) is 12.2 Å². The number of fused-ring (bicyclic) bond motifs is 5. The highest BCUT2D eigenvalue weighted by molar-refractivity contribution is 5.16. The van der Waals surface area contributed by atoms with Crippen LogP contribution in [0.3, 0.4) is 0 Å². The molecule has 1 heteroatoms. The summed E-state index contributed by atoms with van der Waals surface area (Å²) < 4.78 is 0. The summed E-state index contributed by atoms with van der Waals surface area (Å²) in [5, 5.41) is 9.96. The quantitative estimate of drug-likeness (QED) is 0.642. The molecule has 4 aliphatic carbocycles. The third-order valence-corrected chi connectivity index (χ3v) is 7.95. The third-order valence-electron chi connectivity index (χ3n) is 7.95. The van der Waals surface area contributed by atoms with Gasteiger partial charge in [-0.1, -0.05) is 32.4 Å². The van der Waals surface area contributed by atoms with Crippen LogP contribution in [-0.4, -0.2) is 11.2 Å². The lowest BCUT2D eigenvalue weighted by atomic mass is 9.46. The number of allylic oxidation sites excluding steroid dienone is 1. The molecule has 3 fully saturated rings. The number of rotatable bonds is 0. The standard InChI is InChI=1S/C19H30O/c1-18-9-3-4-16(18)15-6-5-13-12-14(20)7-11-19(13,2)17(15)8-10-18/h7,11,13-17,20H,3-6,8-10,12H2,1-2H3/t13?,14-,15-,16-,17-,18-,19-/m0/s1.